The molecule has 5 heteroatoms. The second-order valence-corrected chi connectivity index (χ2v) is 7.40. The van der Waals surface area contributed by atoms with E-state index in [1.807, 2.05) is 30.3 Å². The Bertz CT molecular complexity index is 763. The average Bonchev–Trinajstić information content (AvgIpc) is 3.40. The van der Waals surface area contributed by atoms with Gasteiger partial charge >= 0.3 is 0 Å². The largest absolute Gasteiger partial charge is 0.396 e. The number of hydrogen-bond acceptors (Lipinski definition) is 3. The Kier molecular flexibility index (Phi) is 4.34. The Morgan fingerprint density at radius 1 is 1.20 bits per heavy atom. The first-order valence-corrected chi connectivity index (χ1v) is 9.26. The molecule has 0 radical (unpaired) electrons. The van der Waals surface area contributed by atoms with Crippen molar-refractivity contribution in [3.8, 4) is 11.4 Å². The maximum atomic E-state index is 12.8. The Morgan fingerprint density at radius 2 is 2.00 bits per heavy atom. The molecule has 1 aromatic carbocycles. The van der Waals surface area contributed by atoms with Gasteiger partial charge in [-0.3, -0.25) is 4.79 Å². The van der Waals surface area contributed by atoms with E-state index in [0.29, 0.717) is 12.2 Å². The van der Waals surface area contributed by atoms with Crippen LogP contribution in [0.3, 0.4) is 0 Å². The molecule has 0 bridgehead atoms. The van der Waals surface area contributed by atoms with Gasteiger partial charge in [0, 0.05) is 24.1 Å². The molecule has 2 aliphatic rings. The van der Waals surface area contributed by atoms with Crippen molar-refractivity contribution in [2.45, 2.75) is 45.1 Å². The Hall–Kier alpha value is -2.14. The molecule has 1 saturated carbocycles. The van der Waals surface area contributed by atoms with Crippen LogP contribution in [0.15, 0.2) is 30.3 Å². The van der Waals surface area contributed by atoms with E-state index in [1.165, 1.54) is 6.42 Å². The summed E-state index contributed by atoms with van der Waals surface area (Å²) in [6, 6.07) is 10.1. The lowest BCUT2D eigenvalue weighted by Gasteiger charge is -2.12. The Morgan fingerprint density at radius 3 is 2.72 bits per heavy atom. The van der Waals surface area contributed by atoms with Crippen LogP contribution in [0.25, 0.3) is 11.4 Å². The van der Waals surface area contributed by atoms with Gasteiger partial charge < -0.3 is 15.0 Å². The molecule has 1 fully saturated rings. The summed E-state index contributed by atoms with van der Waals surface area (Å²) in [5.41, 5.74) is 2.59. The van der Waals surface area contributed by atoms with Crippen molar-refractivity contribution in [1.29, 1.82) is 0 Å². The second kappa shape index (κ2) is 6.64. The lowest BCUT2D eigenvalue weighted by Crippen LogP contribution is -2.32. The molecule has 1 aliphatic carbocycles. The number of nitrogens with zero attached hydrogens (tertiary/aromatic N) is 2. The molecular formula is C20H25N3O2. The van der Waals surface area contributed by atoms with Crippen LogP contribution in [0, 0.1) is 5.41 Å². The number of carbonyl (C=O) groups excluding carboxylic acids is 1. The zero-order valence-electron chi connectivity index (χ0n) is 14.5. The summed E-state index contributed by atoms with van der Waals surface area (Å²) in [5, 5.41) is 12.5. The molecule has 2 N–H and O–H groups in total. The summed E-state index contributed by atoms with van der Waals surface area (Å²) in [6.07, 6.45) is 6.28. The fourth-order valence-corrected chi connectivity index (χ4v) is 3.63. The van der Waals surface area contributed by atoms with Gasteiger partial charge in [0.15, 0.2) is 0 Å². The van der Waals surface area contributed by atoms with Crippen molar-refractivity contribution in [2.24, 2.45) is 5.41 Å². The predicted molar refractivity (Wildman–Crippen MR) is 96.3 cm³/mol. The zero-order chi connectivity index (χ0) is 17.3. The van der Waals surface area contributed by atoms with Crippen molar-refractivity contribution >= 4 is 5.91 Å². The minimum atomic E-state index is -0.104. The first-order valence-electron chi connectivity index (χ1n) is 9.26. The minimum absolute atomic E-state index is 0.0887. The molecule has 1 amide bonds. The van der Waals surface area contributed by atoms with Gasteiger partial charge in [-0.25, -0.2) is 4.98 Å². The summed E-state index contributed by atoms with van der Waals surface area (Å²) in [7, 11) is 0. The van der Waals surface area contributed by atoms with Gasteiger partial charge in [-0.2, -0.15) is 0 Å². The number of benzene rings is 1. The molecule has 2 aromatic rings. The summed E-state index contributed by atoms with van der Waals surface area (Å²) >= 11 is 0. The molecule has 2 heterocycles. The number of imidazole rings is 1. The van der Waals surface area contributed by atoms with Crippen LogP contribution < -0.4 is 5.32 Å². The Labute approximate surface area is 148 Å². The van der Waals surface area contributed by atoms with Gasteiger partial charge in [0.05, 0.1) is 12.3 Å². The molecule has 132 valence electrons. The number of rotatable bonds is 5. The number of aliphatic hydroxyl groups excluding tert-OH is 1. The normalized spacial score (nSPS) is 18.3. The van der Waals surface area contributed by atoms with Crippen molar-refractivity contribution < 1.29 is 9.90 Å². The maximum Gasteiger partial charge on any atom is 0.271 e. The van der Waals surface area contributed by atoms with Crippen LogP contribution in [0.5, 0.6) is 0 Å². The molecule has 1 aliphatic heterocycles. The highest BCUT2D eigenvalue weighted by molar-refractivity contribution is 5.94. The number of hydrogen-bond donors (Lipinski definition) is 2. The number of nitrogens with one attached hydrogen (secondary N) is 1. The number of aliphatic hydroxyl groups is 1. The third-order valence-electron chi connectivity index (χ3n) is 5.53. The van der Waals surface area contributed by atoms with Gasteiger partial charge in [0.1, 0.15) is 11.5 Å². The molecule has 5 nitrogen and oxygen atoms in total. The topological polar surface area (TPSA) is 67.2 Å². The first kappa shape index (κ1) is 16.3. The van der Waals surface area contributed by atoms with E-state index in [9.17, 15) is 9.90 Å². The van der Waals surface area contributed by atoms with Crippen LogP contribution >= 0.6 is 0 Å². The first-order chi connectivity index (χ1) is 12.2. The quantitative estimate of drug-likeness (QED) is 0.880. The number of aromatic nitrogens is 2. The minimum Gasteiger partial charge on any atom is -0.396 e. The van der Waals surface area contributed by atoms with Gasteiger partial charge in [0.25, 0.3) is 5.91 Å². The SMILES string of the molecule is O=C(NCC1(CO)CC1)c1nc(-c2ccccc2)n2c1CCCCC2. The molecule has 1 aromatic heterocycles. The van der Waals surface area contributed by atoms with Crippen molar-refractivity contribution in [3.63, 3.8) is 0 Å². The highest BCUT2D eigenvalue weighted by Gasteiger charge is 2.42. The van der Waals surface area contributed by atoms with E-state index in [1.54, 1.807) is 0 Å². The van der Waals surface area contributed by atoms with Crippen molar-refractivity contribution in [2.75, 3.05) is 13.2 Å². The number of amides is 1. The fraction of sp³-hybridized carbons (Fsp3) is 0.500. The average molecular weight is 339 g/mol. The molecule has 0 atom stereocenters. The molecule has 4 rings (SSSR count). The van der Waals surface area contributed by atoms with E-state index in [4.69, 9.17) is 4.98 Å². The van der Waals surface area contributed by atoms with Gasteiger partial charge in [-0.1, -0.05) is 36.8 Å². The number of fused-ring (bicyclic) bond motifs is 1. The summed E-state index contributed by atoms with van der Waals surface area (Å²) in [4.78, 5) is 17.5. The molecular weight excluding hydrogens is 314 g/mol. The Balaban J connectivity index is 1.65. The van der Waals surface area contributed by atoms with E-state index in [0.717, 1.165) is 55.7 Å². The molecule has 25 heavy (non-hydrogen) atoms. The summed E-state index contributed by atoms with van der Waals surface area (Å²) in [5.74, 6) is 0.790. The third kappa shape index (κ3) is 3.21. The molecule has 0 saturated heterocycles. The van der Waals surface area contributed by atoms with Crippen LogP contribution in [-0.2, 0) is 13.0 Å². The van der Waals surface area contributed by atoms with Crippen molar-refractivity contribution in [1.82, 2.24) is 14.9 Å². The monoisotopic (exact) mass is 339 g/mol. The standard InChI is InChI=1S/C20H25N3O2/c24-14-20(10-11-20)13-21-19(25)17-16-9-5-2-6-12-23(16)18(22-17)15-7-3-1-4-8-15/h1,3-4,7-8,24H,2,5-6,9-14H2,(H,21,25). The van der Waals surface area contributed by atoms with E-state index < -0.39 is 0 Å². The van der Waals surface area contributed by atoms with Crippen LogP contribution in [0.1, 0.15) is 48.3 Å². The van der Waals surface area contributed by atoms with Gasteiger partial charge in [-0.15, -0.1) is 0 Å². The second-order valence-electron chi connectivity index (χ2n) is 7.40. The summed E-state index contributed by atoms with van der Waals surface area (Å²) < 4.78 is 2.23. The van der Waals surface area contributed by atoms with Gasteiger partial charge in [0.2, 0.25) is 0 Å². The van der Waals surface area contributed by atoms with Crippen LogP contribution in [0.4, 0.5) is 0 Å². The maximum absolute atomic E-state index is 12.8. The molecule has 0 spiro atoms. The van der Waals surface area contributed by atoms with Crippen LogP contribution in [-0.4, -0.2) is 33.7 Å². The highest BCUT2D eigenvalue weighted by Crippen LogP contribution is 2.44. The van der Waals surface area contributed by atoms with E-state index >= 15 is 0 Å². The van der Waals surface area contributed by atoms with Crippen molar-refractivity contribution in [3.05, 3.63) is 41.7 Å². The predicted octanol–water partition coefficient (Wildman–Crippen LogP) is 2.78. The smallest absolute Gasteiger partial charge is 0.271 e. The number of carbonyl (C=O) groups is 1. The lowest BCUT2D eigenvalue weighted by molar-refractivity contribution is 0.0929. The van der Waals surface area contributed by atoms with E-state index in [2.05, 4.69) is 9.88 Å². The lowest BCUT2D eigenvalue weighted by atomic mass is 10.1. The van der Waals surface area contributed by atoms with Gasteiger partial charge in [-0.05, 0) is 32.1 Å². The van der Waals surface area contributed by atoms with E-state index in [-0.39, 0.29) is 17.9 Å². The van der Waals surface area contributed by atoms with Crippen LogP contribution in [0.2, 0.25) is 0 Å². The fourth-order valence-electron chi connectivity index (χ4n) is 3.63. The zero-order valence-corrected chi connectivity index (χ0v) is 14.5. The summed E-state index contributed by atoms with van der Waals surface area (Å²) in [6.45, 7) is 1.60. The molecule has 0 unspecified atom stereocenters. The third-order valence-corrected chi connectivity index (χ3v) is 5.53. The highest BCUT2D eigenvalue weighted by atomic mass is 16.3.